The molecule has 0 aromatic carbocycles. The van der Waals surface area contributed by atoms with Gasteiger partial charge in [-0.15, -0.1) is 11.3 Å². The van der Waals surface area contributed by atoms with Crippen LogP contribution < -0.4 is 5.32 Å². The summed E-state index contributed by atoms with van der Waals surface area (Å²) >= 11 is 4.80. The van der Waals surface area contributed by atoms with Gasteiger partial charge in [-0.25, -0.2) is 0 Å². The zero-order chi connectivity index (χ0) is 13.5. The van der Waals surface area contributed by atoms with Crippen LogP contribution >= 0.6 is 27.3 Å². The van der Waals surface area contributed by atoms with Crippen molar-refractivity contribution in [2.45, 2.75) is 30.6 Å². The van der Waals surface area contributed by atoms with E-state index in [9.17, 15) is 9.59 Å². The van der Waals surface area contributed by atoms with Crippen molar-refractivity contribution in [1.29, 1.82) is 0 Å². The quantitative estimate of drug-likeness (QED) is 0.643. The average molecular weight is 334 g/mol. The standard InChI is InChI=1S/C12H16BrNO3S/c1-3-8(13)12(16)14-9(7-11(15)17-2)10-5-4-6-18-10/h4-6,8-9H,3,7H2,1-2H3,(H,14,16). The fourth-order valence-electron chi connectivity index (χ4n) is 1.41. The molecule has 0 spiro atoms. The van der Waals surface area contributed by atoms with Crippen molar-refractivity contribution in [2.24, 2.45) is 0 Å². The zero-order valence-corrected chi connectivity index (χ0v) is 12.7. The second kappa shape index (κ2) is 7.53. The molecule has 18 heavy (non-hydrogen) atoms. The van der Waals surface area contributed by atoms with Crippen molar-refractivity contribution >= 4 is 39.1 Å². The van der Waals surface area contributed by atoms with Crippen molar-refractivity contribution in [1.82, 2.24) is 5.32 Å². The summed E-state index contributed by atoms with van der Waals surface area (Å²) in [7, 11) is 1.34. The zero-order valence-electron chi connectivity index (χ0n) is 10.3. The second-order valence-corrected chi connectivity index (χ2v) is 5.82. The first kappa shape index (κ1) is 15.2. The average Bonchev–Trinajstić information content (AvgIpc) is 2.90. The molecular formula is C12H16BrNO3S. The van der Waals surface area contributed by atoms with Gasteiger partial charge in [-0.05, 0) is 17.9 Å². The molecule has 0 aliphatic rings. The molecular weight excluding hydrogens is 318 g/mol. The summed E-state index contributed by atoms with van der Waals surface area (Å²) in [4.78, 5) is 23.9. The topological polar surface area (TPSA) is 55.4 Å². The fourth-order valence-corrected chi connectivity index (χ4v) is 2.32. The van der Waals surface area contributed by atoms with E-state index in [-0.39, 0.29) is 29.2 Å². The first-order valence-corrected chi connectivity index (χ1v) is 7.42. The molecule has 2 unspecified atom stereocenters. The molecule has 4 nitrogen and oxygen atoms in total. The fraction of sp³-hybridized carbons (Fsp3) is 0.500. The number of nitrogens with one attached hydrogen (secondary N) is 1. The van der Waals surface area contributed by atoms with E-state index in [1.807, 2.05) is 24.4 Å². The number of hydrogen-bond acceptors (Lipinski definition) is 4. The van der Waals surface area contributed by atoms with Crippen molar-refractivity contribution in [3.63, 3.8) is 0 Å². The highest BCUT2D eigenvalue weighted by molar-refractivity contribution is 9.10. The van der Waals surface area contributed by atoms with Gasteiger partial charge in [0, 0.05) is 4.88 Å². The van der Waals surface area contributed by atoms with Gasteiger partial charge in [0.15, 0.2) is 0 Å². The van der Waals surface area contributed by atoms with E-state index in [1.165, 1.54) is 18.4 Å². The summed E-state index contributed by atoms with van der Waals surface area (Å²) in [6, 6.07) is 3.46. The largest absolute Gasteiger partial charge is 0.469 e. The predicted octanol–water partition coefficient (Wildman–Crippen LogP) is 2.64. The number of amides is 1. The Bertz CT molecular complexity index is 394. The van der Waals surface area contributed by atoms with E-state index in [1.54, 1.807) is 0 Å². The molecule has 0 fully saturated rings. The van der Waals surface area contributed by atoms with Crippen molar-refractivity contribution in [3.8, 4) is 0 Å². The normalized spacial score (nSPS) is 13.7. The van der Waals surface area contributed by atoms with Gasteiger partial charge in [-0.1, -0.05) is 28.9 Å². The van der Waals surface area contributed by atoms with E-state index >= 15 is 0 Å². The molecule has 0 aliphatic heterocycles. The molecule has 1 aromatic rings. The van der Waals surface area contributed by atoms with Gasteiger partial charge >= 0.3 is 5.97 Å². The smallest absolute Gasteiger partial charge is 0.307 e. The molecule has 1 rings (SSSR count). The summed E-state index contributed by atoms with van der Waals surface area (Å²) in [5.41, 5.74) is 0. The van der Waals surface area contributed by atoms with E-state index in [0.29, 0.717) is 6.42 Å². The number of ether oxygens (including phenoxy) is 1. The maximum Gasteiger partial charge on any atom is 0.307 e. The third-order valence-corrected chi connectivity index (χ3v) is 4.49. The van der Waals surface area contributed by atoms with Gasteiger partial charge in [0.2, 0.25) is 5.91 Å². The van der Waals surface area contributed by atoms with Gasteiger partial charge in [0.25, 0.3) is 0 Å². The van der Waals surface area contributed by atoms with Crippen molar-refractivity contribution in [3.05, 3.63) is 22.4 Å². The molecule has 6 heteroatoms. The van der Waals surface area contributed by atoms with Crippen molar-refractivity contribution < 1.29 is 14.3 Å². The van der Waals surface area contributed by atoms with Gasteiger partial charge < -0.3 is 10.1 Å². The third-order valence-electron chi connectivity index (χ3n) is 2.44. The Labute approximate surface area is 119 Å². The monoisotopic (exact) mass is 333 g/mol. The lowest BCUT2D eigenvalue weighted by Crippen LogP contribution is -2.35. The first-order valence-electron chi connectivity index (χ1n) is 5.63. The summed E-state index contributed by atoms with van der Waals surface area (Å²) in [5.74, 6) is -0.448. The number of carbonyl (C=O) groups is 2. The van der Waals surface area contributed by atoms with Crippen molar-refractivity contribution in [2.75, 3.05) is 7.11 Å². The lowest BCUT2D eigenvalue weighted by molar-refractivity contribution is -0.141. The van der Waals surface area contributed by atoms with Crippen LogP contribution in [0.15, 0.2) is 17.5 Å². The first-order chi connectivity index (χ1) is 8.58. The van der Waals surface area contributed by atoms with Crippen LogP contribution in [0.3, 0.4) is 0 Å². The maximum absolute atomic E-state index is 11.8. The van der Waals surface area contributed by atoms with Gasteiger partial charge in [0.1, 0.15) is 0 Å². The highest BCUT2D eigenvalue weighted by atomic mass is 79.9. The number of carbonyl (C=O) groups excluding carboxylic acids is 2. The lowest BCUT2D eigenvalue weighted by atomic mass is 10.1. The molecule has 100 valence electrons. The van der Waals surface area contributed by atoms with E-state index < -0.39 is 0 Å². The van der Waals surface area contributed by atoms with Crippen LogP contribution in [-0.4, -0.2) is 23.8 Å². The minimum absolute atomic E-state index is 0.111. The minimum Gasteiger partial charge on any atom is -0.469 e. The Morgan fingerprint density at radius 1 is 1.56 bits per heavy atom. The number of methoxy groups -OCH3 is 1. The number of alkyl halides is 1. The number of halogens is 1. The third kappa shape index (κ3) is 4.42. The van der Waals surface area contributed by atoms with Crippen LogP contribution in [-0.2, 0) is 14.3 Å². The summed E-state index contributed by atoms with van der Waals surface area (Å²) < 4.78 is 4.65. The summed E-state index contributed by atoms with van der Waals surface area (Å²) in [5, 5.41) is 4.77. The Balaban J connectivity index is 2.72. The molecule has 0 saturated heterocycles. The highest BCUT2D eigenvalue weighted by Crippen LogP contribution is 2.23. The van der Waals surface area contributed by atoms with Gasteiger partial charge in [-0.3, -0.25) is 9.59 Å². The Hall–Kier alpha value is -0.880. The molecule has 1 aromatic heterocycles. The van der Waals surface area contributed by atoms with Gasteiger partial charge in [-0.2, -0.15) is 0 Å². The lowest BCUT2D eigenvalue weighted by Gasteiger charge is -2.18. The van der Waals surface area contributed by atoms with E-state index in [2.05, 4.69) is 26.0 Å². The van der Waals surface area contributed by atoms with E-state index in [0.717, 1.165) is 4.88 Å². The molecule has 1 heterocycles. The Morgan fingerprint density at radius 3 is 2.78 bits per heavy atom. The SMILES string of the molecule is CCC(Br)C(=O)NC(CC(=O)OC)c1cccs1. The van der Waals surface area contributed by atoms with Crippen LogP contribution in [0.1, 0.15) is 30.7 Å². The van der Waals surface area contributed by atoms with Crippen LogP contribution in [0.4, 0.5) is 0 Å². The maximum atomic E-state index is 11.8. The summed E-state index contributed by atoms with van der Waals surface area (Å²) in [6.07, 6.45) is 0.841. The van der Waals surface area contributed by atoms with Gasteiger partial charge in [0.05, 0.1) is 24.4 Å². The molecule has 0 bridgehead atoms. The van der Waals surface area contributed by atoms with Crippen LogP contribution in [0, 0.1) is 0 Å². The van der Waals surface area contributed by atoms with E-state index in [4.69, 9.17) is 0 Å². The molecule has 1 amide bonds. The number of rotatable bonds is 6. The van der Waals surface area contributed by atoms with Crippen LogP contribution in [0.2, 0.25) is 0 Å². The Morgan fingerprint density at radius 2 is 2.28 bits per heavy atom. The number of hydrogen-bond donors (Lipinski definition) is 1. The molecule has 0 aliphatic carbocycles. The second-order valence-electron chi connectivity index (χ2n) is 3.73. The summed E-state index contributed by atoms with van der Waals surface area (Å²) in [6.45, 7) is 1.92. The molecule has 0 saturated carbocycles. The molecule has 2 atom stereocenters. The number of esters is 1. The highest BCUT2D eigenvalue weighted by Gasteiger charge is 2.22. The van der Waals surface area contributed by atoms with Crippen LogP contribution in [0.5, 0.6) is 0 Å². The predicted molar refractivity (Wildman–Crippen MR) is 74.8 cm³/mol. The number of thiophene rings is 1. The Kier molecular flexibility index (Phi) is 6.35. The van der Waals surface area contributed by atoms with Crippen LogP contribution in [0.25, 0.3) is 0 Å². The minimum atomic E-state index is -0.337. The molecule has 0 radical (unpaired) electrons. The molecule has 1 N–H and O–H groups in total.